The molecule has 3 rings (SSSR count). The highest BCUT2D eigenvalue weighted by Crippen LogP contribution is 2.24. The van der Waals surface area contributed by atoms with Gasteiger partial charge in [-0.1, -0.05) is 11.3 Å². The average Bonchev–Trinajstić information content (AvgIpc) is 3.11. The Hall–Kier alpha value is -2.48. The van der Waals surface area contributed by atoms with E-state index in [0.717, 1.165) is 6.54 Å². The number of rotatable bonds is 5. The first kappa shape index (κ1) is 17.3. The minimum Gasteiger partial charge on any atom is -0.362 e. The van der Waals surface area contributed by atoms with E-state index in [4.69, 9.17) is 0 Å². The molecular formula is C17H19FN4O2S. The number of amides is 2. The Morgan fingerprint density at radius 1 is 1.40 bits per heavy atom. The van der Waals surface area contributed by atoms with E-state index in [2.05, 4.69) is 15.6 Å². The molecule has 2 heterocycles. The third-order valence-corrected chi connectivity index (χ3v) is 5.04. The summed E-state index contributed by atoms with van der Waals surface area (Å²) >= 11 is 1.30. The van der Waals surface area contributed by atoms with Gasteiger partial charge in [0, 0.05) is 25.2 Å². The van der Waals surface area contributed by atoms with Crippen molar-refractivity contribution < 1.29 is 14.0 Å². The molecule has 1 fully saturated rings. The van der Waals surface area contributed by atoms with Crippen LogP contribution in [0.5, 0.6) is 0 Å². The van der Waals surface area contributed by atoms with E-state index in [1.54, 1.807) is 24.0 Å². The molecule has 25 heavy (non-hydrogen) atoms. The van der Waals surface area contributed by atoms with Gasteiger partial charge in [-0.2, -0.15) is 0 Å². The minimum atomic E-state index is -0.350. The van der Waals surface area contributed by atoms with Crippen molar-refractivity contribution >= 4 is 34.0 Å². The third-order valence-electron chi connectivity index (χ3n) is 3.93. The van der Waals surface area contributed by atoms with Gasteiger partial charge in [0.05, 0.1) is 11.7 Å². The van der Waals surface area contributed by atoms with Crippen molar-refractivity contribution in [3.63, 3.8) is 0 Å². The van der Waals surface area contributed by atoms with E-state index < -0.39 is 0 Å². The summed E-state index contributed by atoms with van der Waals surface area (Å²) in [6.45, 7) is 4.85. The fraction of sp³-hybridized carbons (Fsp3) is 0.353. The summed E-state index contributed by atoms with van der Waals surface area (Å²) < 4.78 is 13.0. The molecule has 0 saturated carbocycles. The van der Waals surface area contributed by atoms with Crippen LogP contribution in [-0.2, 0) is 4.79 Å². The predicted octanol–water partition coefficient (Wildman–Crippen LogP) is 2.56. The van der Waals surface area contributed by atoms with Crippen LogP contribution in [0.15, 0.2) is 24.3 Å². The van der Waals surface area contributed by atoms with Crippen molar-refractivity contribution in [1.29, 1.82) is 0 Å². The van der Waals surface area contributed by atoms with Crippen molar-refractivity contribution in [2.75, 3.05) is 23.3 Å². The van der Waals surface area contributed by atoms with Gasteiger partial charge in [-0.25, -0.2) is 9.37 Å². The topological polar surface area (TPSA) is 74.3 Å². The van der Waals surface area contributed by atoms with Crippen molar-refractivity contribution in [1.82, 2.24) is 10.3 Å². The van der Waals surface area contributed by atoms with Gasteiger partial charge in [0.2, 0.25) is 5.91 Å². The molecule has 2 N–H and O–H groups in total. The molecule has 0 aliphatic carbocycles. The first-order chi connectivity index (χ1) is 12.0. The molecule has 2 aromatic rings. The quantitative estimate of drug-likeness (QED) is 0.857. The Balaban J connectivity index is 1.67. The maximum Gasteiger partial charge on any atom is 0.263 e. The standard InChI is InChI=1S/C17H19FN4O2S/c1-3-19-17-20-10(2)15(25-17)16(24)21-12-8-14(23)22(9-12)13-6-4-11(18)5-7-13/h4-7,12H,3,8-9H2,1-2H3,(H,19,20)(H,21,24)/t12-/m0/s1. The van der Waals surface area contributed by atoms with Crippen LogP contribution in [0.3, 0.4) is 0 Å². The first-order valence-electron chi connectivity index (χ1n) is 8.06. The summed E-state index contributed by atoms with van der Waals surface area (Å²) in [5.41, 5.74) is 1.30. The summed E-state index contributed by atoms with van der Waals surface area (Å²) in [4.78, 5) is 31.1. The van der Waals surface area contributed by atoms with Crippen molar-refractivity contribution in [2.45, 2.75) is 26.3 Å². The molecule has 1 saturated heterocycles. The smallest absolute Gasteiger partial charge is 0.263 e. The van der Waals surface area contributed by atoms with Crippen LogP contribution in [0.2, 0.25) is 0 Å². The maximum atomic E-state index is 13.0. The maximum absolute atomic E-state index is 13.0. The number of nitrogens with one attached hydrogen (secondary N) is 2. The predicted molar refractivity (Wildman–Crippen MR) is 95.6 cm³/mol. The Morgan fingerprint density at radius 3 is 2.80 bits per heavy atom. The molecule has 0 bridgehead atoms. The number of thiazole rings is 1. The highest BCUT2D eigenvalue weighted by atomic mass is 32.1. The SMILES string of the molecule is CCNc1nc(C)c(C(=O)N[C@H]2CC(=O)N(c3ccc(F)cc3)C2)s1. The van der Waals surface area contributed by atoms with Crippen LogP contribution in [-0.4, -0.2) is 35.9 Å². The number of halogens is 1. The molecule has 0 unspecified atom stereocenters. The number of hydrogen-bond donors (Lipinski definition) is 2. The number of anilines is 2. The average molecular weight is 362 g/mol. The minimum absolute atomic E-state index is 0.0914. The lowest BCUT2D eigenvalue weighted by Gasteiger charge is -2.17. The highest BCUT2D eigenvalue weighted by molar-refractivity contribution is 7.17. The number of aryl methyl sites for hydroxylation is 1. The second kappa shape index (κ2) is 7.18. The summed E-state index contributed by atoms with van der Waals surface area (Å²) in [6.07, 6.45) is 0.223. The van der Waals surface area contributed by atoms with Gasteiger partial charge in [-0.05, 0) is 38.1 Å². The molecule has 0 radical (unpaired) electrons. The molecule has 1 aromatic carbocycles. The fourth-order valence-electron chi connectivity index (χ4n) is 2.76. The van der Waals surface area contributed by atoms with E-state index in [1.165, 1.54) is 23.5 Å². The highest BCUT2D eigenvalue weighted by Gasteiger charge is 2.32. The van der Waals surface area contributed by atoms with Gasteiger partial charge < -0.3 is 15.5 Å². The van der Waals surface area contributed by atoms with Crippen molar-refractivity contribution in [2.24, 2.45) is 0 Å². The monoisotopic (exact) mass is 362 g/mol. The zero-order chi connectivity index (χ0) is 18.0. The molecule has 132 valence electrons. The van der Waals surface area contributed by atoms with E-state index in [1.807, 2.05) is 6.92 Å². The van der Waals surface area contributed by atoms with Gasteiger partial charge in [0.15, 0.2) is 5.13 Å². The van der Waals surface area contributed by atoms with Gasteiger partial charge >= 0.3 is 0 Å². The molecule has 1 aromatic heterocycles. The van der Waals surface area contributed by atoms with E-state index in [-0.39, 0.29) is 30.1 Å². The van der Waals surface area contributed by atoms with Crippen LogP contribution in [0.1, 0.15) is 28.7 Å². The zero-order valence-corrected chi connectivity index (χ0v) is 14.8. The molecule has 1 aliphatic heterocycles. The van der Waals surface area contributed by atoms with Crippen molar-refractivity contribution in [3.05, 3.63) is 40.7 Å². The van der Waals surface area contributed by atoms with E-state index in [0.29, 0.717) is 27.9 Å². The van der Waals surface area contributed by atoms with Gasteiger partial charge in [0.1, 0.15) is 10.7 Å². The Kier molecular flexibility index (Phi) is 4.98. The second-order valence-corrected chi connectivity index (χ2v) is 6.82. The fourth-order valence-corrected chi connectivity index (χ4v) is 3.70. The molecule has 0 spiro atoms. The lowest BCUT2D eigenvalue weighted by Crippen LogP contribution is -2.37. The summed E-state index contributed by atoms with van der Waals surface area (Å²) in [5, 5.41) is 6.70. The number of aromatic nitrogens is 1. The number of carbonyl (C=O) groups is 2. The Morgan fingerprint density at radius 2 is 2.12 bits per heavy atom. The number of carbonyl (C=O) groups excluding carboxylic acids is 2. The summed E-state index contributed by atoms with van der Waals surface area (Å²) in [6, 6.07) is 5.48. The Bertz CT molecular complexity index is 790. The van der Waals surface area contributed by atoms with Gasteiger partial charge in [-0.3, -0.25) is 9.59 Å². The van der Waals surface area contributed by atoms with Crippen LogP contribution in [0.4, 0.5) is 15.2 Å². The lowest BCUT2D eigenvalue weighted by atomic mass is 10.2. The van der Waals surface area contributed by atoms with Crippen LogP contribution in [0.25, 0.3) is 0 Å². The number of nitrogens with zero attached hydrogens (tertiary/aromatic N) is 2. The van der Waals surface area contributed by atoms with Crippen LogP contribution < -0.4 is 15.5 Å². The van der Waals surface area contributed by atoms with Crippen LogP contribution >= 0.6 is 11.3 Å². The zero-order valence-electron chi connectivity index (χ0n) is 14.0. The molecular weight excluding hydrogens is 343 g/mol. The Labute approximate surface area is 149 Å². The lowest BCUT2D eigenvalue weighted by molar-refractivity contribution is -0.117. The first-order valence-corrected chi connectivity index (χ1v) is 8.87. The van der Waals surface area contributed by atoms with Gasteiger partial charge in [0.25, 0.3) is 5.91 Å². The molecule has 2 amide bonds. The summed E-state index contributed by atoms with van der Waals surface area (Å²) in [5.74, 6) is -0.665. The normalized spacial score (nSPS) is 17.0. The van der Waals surface area contributed by atoms with Crippen molar-refractivity contribution in [3.8, 4) is 0 Å². The van der Waals surface area contributed by atoms with E-state index in [9.17, 15) is 14.0 Å². The molecule has 8 heteroatoms. The summed E-state index contributed by atoms with van der Waals surface area (Å²) in [7, 11) is 0. The van der Waals surface area contributed by atoms with Gasteiger partial charge in [-0.15, -0.1) is 0 Å². The largest absolute Gasteiger partial charge is 0.362 e. The number of hydrogen-bond acceptors (Lipinski definition) is 5. The van der Waals surface area contributed by atoms with Crippen LogP contribution in [0, 0.1) is 12.7 Å². The second-order valence-electron chi connectivity index (χ2n) is 5.82. The van der Waals surface area contributed by atoms with E-state index >= 15 is 0 Å². The molecule has 6 nitrogen and oxygen atoms in total. The molecule has 1 atom stereocenters. The molecule has 1 aliphatic rings. The third kappa shape index (κ3) is 3.79. The number of benzene rings is 1.